The van der Waals surface area contributed by atoms with Gasteiger partial charge >= 0.3 is 6.09 Å². The monoisotopic (exact) mass is 222 g/mol. The van der Waals surface area contributed by atoms with E-state index in [-0.39, 0.29) is 6.09 Å². The molecule has 2 N–H and O–H groups in total. The first-order valence-corrected chi connectivity index (χ1v) is 5.10. The smallest absolute Gasteiger partial charge is 0.414 e. The maximum atomic E-state index is 11.6. The molecule has 1 amide bonds. The lowest BCUT2D eigenvalue weighted by atomic mass is 10.2. The number of hydrogen-bond acceptors (Lipinski definition) is 4. The van der Waals surface area contributed by atoms with Crippen LogP contribution < -0.4 is 15.4 Å². The molecule has 0 saturated carbocycles. The van der Waals surface area contributed by atoms with Crippen LogP contribution in [0.1, 0.15) is 6.42 Å². The van der Waals surface area contributed by atoms with E-state index in [0.29, 0.717) is 30.3 Å². The number of hydrogen-bond donors (Lipinski definition) is 1. The van der Waals surface area contributed by atoms with E-state index in [1.807, 2.05) is 0 Å². The summed E-state index contributed by atoms with van der Waals surface area (Å²) in [7, 11) is 1.57. The Hall–Kier alpha value is -1.91. The Bertz CT molecular complexity index is 406. The van der Waals surface area contributed by atoms with Crippen LogP contribution in [-0.4, -0.2) is 26.4 Å². The van der Waals surface area contributed by atoms with E-state index < -0.39 is 0 Å². The molecule has 1 aromatic carbocycles. The standard InChI is InChI=1S/C11H14N2O3/c1-15-8-3-4-9(12)10(7-8)13-5-2-6-16-11(13)14/h3-4,7H,2,5-6,12H2,1H3. The molecule has 0 unspecified atom stereocenters. The van der Waals surface area contributed by atoms with E-state index in [1.165, 1.54) is 4.90 Å². The third-order valence-corrected chi connectivity index (χ3v) is 2.50. The van der Waals surface area contributed by atoms with Gasteiger partial charge in [0, 0.05) is 12.6 Å². The van der Waals surface area contributed by atoms with Gasteiger partial charge in [0.05, 0.1) is 25.1 Å². The first-order chi connectivity index (χ1) is 7.72. The Morgan fingerprint density at radius 1 is 1.50 bits per heavy atom. The zero-order chi connectivity index (χ0) is 11.5. The third kappa shape index (κ3) is 1.88. The van der Waals surface area contributed by atoms with Crippen LogP contribution in [0.4, 0.5) is 16.2 Å². The van der Waals surface area contributed by atoms with Gasteiger partial charge in [-0.05, 0) is 18.6 Å². The number of carbonyl (C=O) groups is 1. The topological polar surface area (TPSA) is 64.8 Å². The number of nitrogens with zero attached hydrogens (tertiary/aromatic N) is 1. The highest BCUT2D eigenvalue weighted by Gasteiger charge is 2.23. The second-order valence-electron chi connectivity index (χ2n) is 3.54. The lowest BCUT2D eigenvalue weighted by molar-refractivity contribution is 0.140. The van der Waals surface area contributed by atoms with Crippen molar-refractivity contribution in [3.05, 3.63) is 18.2 Å². The van der Waals surface area contributed by atoms with Crippen molar-refractivity contribution in [1.29, 1.82) is 0 Å². The number of anilines is 2. The highest BCUT2D eigenvalue weighted by molar-refractivity contribution is 5.92. The van der Waals surface area contributed by atoms with Crippen LogP contribution in [0, 0.1) is 0 Å². The number of carbonyl (C=O) groups excluding carboxylic acids is 1. The Morgan fingerprint density at radius 2 is 2.31 bits per heavy atom. The van der Waals surface area contributed by atoms with Crippen LogP contribution in [-0.2, 0) is 4.74 Å². The van der Waals surface area contributed by atoms with Gasteiger partial charge in [-0.1, -0.05) is 0 Å². The van der Waals surface area contributed by atoms with Gasteiger partial charge in [0.1, 0.15) is 5.75 Å². The summed E-state index contributed by atoms with van der Waals surface area (Å²) in [6.07, 6.45) is 0.453. The van der Waals surface area contributed by atoms with Crippen LogP contribution in [0.2, 0.25) is 0 Å². The average molecular weight is 222 g/mol. The van der Waals surface area contributed by atoms with Gasteiger partial charge in [0.2, 0.25) is 0 Å². The molecule has 0 spiro atoms. The van der Waals surface area contributed by atoms with Gasteiger partial charge in [0.25, 0.3) is 0 Å². The van der Waals surface area contributed by atoms with E-state index in [4.69, 9.17) is 15.2 Å². The summed E-state index contributed by atoms with van der Waals surface area (Å²) < 4.78 is 10.1. The maximum Gasteiger partial charge on any atom is 0.414 e. The lowest BCUT2D eigenvalue weighted by Gasteiger charge is -2.27. The van der Waals surface area contributed by atoms with Crippen LogP contribution in [0.5, 0.6) is 5.75 Å². The van der Waals surface area contributed by atoms with Gasteiger partial charge in [-0.15, -0.1) is 0 Å². The van der Waals surface area contributed by atoms with E-state index in [0.717, 1.165) is 6.42 Å². The molecule has 0 bridgehead atoms. The summed E-state index contributed by atoms with van der Waals surface area (Å²) >= 11 is 0. The van der Waals surface area contributed by atoms with Crippen LogP contribution in [0.3, 0.4) is 0 Å². The van der Waals surface area contributed by atoms with Crippen molar-refractivity contribution in [1.82, 2.24) is 0 Å². The Balaban J connectivity index is 2.33. The molecule has 0 aliphatic carbocycles. The van der Waals surface area contributed by atoms with E-state index in [2.05, 4.69) is 0 Å². The normalized spacial score (nSPS) is 15.8. The lowest BCUT2D eigenvalue weighted by Crippen LogP contribution is -2.38. The fourth-order valence-electron chi connectivity index (χ4n) is 1.65. The average Bonchev–Trinajstić information content (AvgIpc) is 2.31. The number of cyclic esters (lactones) is 1. The summed E-state index contributed by atoms with van der Waals surface area (Å²) in [6, 6.07) is 5.21. The molecular weight excluding hydrogens is 208 g/mol. The molecule has 5 nitrogen and oxygen atoms in total. The molecule has 5 heteroatoms. The second-order valence-corrected chi connectivity index (χ2v) is 3.54. The molecule has 86 valence electrons. The fraction of sp³-hybridized carbons (Fsp3) is 0.364. The predicted octanol–water partition coefficient (Wildman–Crippen LogP) is 1.62. The van der Waals surface area contributed by atoms with E-state index in [9.17, 15) is 4.79 Å². The number of amides is 1. The van der Waals surface area contributed by atoms with Gasteiger partial charge in [-0.3, -0.25) is 4.90 Å². The number of benzene rings is 1. The molecule has 1 aromatic rings. The van der Waals surface area contributed by atoms with Gasteiger partial charge < -0.3 is 15.2 Å². The molecule has 0 aromatic heterocycles. The molecule has 1 aliphatic rings. The summed E-state index contributed by atoms with van der Waals surface area (Å²) in [5, 5.41) is 0. The number of rotatable bonds is 2. The highest BCUT2D eigenvalue weighted by Crippen LogP contribution is 2.29. The van der Waals surface area contributed by atoms with Crippen molar-refractivity contribution >= 4 is 17.5 Å². The van der Waals surface area contributed by atoms with Crippen molar-refractivity contribution in [3.8, 4) is 5.75 Å². The van der Waals surface area contributed by atoms with Crippen molar-refractivity contribution in [2.45, 2.75) is 6.42 Å². The molecule has 0 atom stereocenters. The highest BCUT2D eigenvalue weighted by atomic mass is 16.6. The summed E-state index contributed by atoms with van der Waals surface area (Å²) in [5.41, 5.74) is 7.02. The number of methoxy groups -OCH3 is 1. The summed E-state index contributed by atoms with van der Waals surface area (Å²) in [5.74, 6) is 0.669. The number of nitrogen functional groups attached to an aromatic ring is 1. The predicted molar refractivity (Wildman–Crippen MR) is 60.7 cm³/mol. The van der Waals surface area contributed by atoms with Crippen molar-refractivity contribution in [3.63, 3.8) is 0 Å². The van der Waals surface area contributed by atoms with Crippen molar-refractivity contribution < 1.29 is 14.3 Å². The molecule has 0 radical (unpaired) electrons. The molecule has 2 rings (SSSR count). The van der Waals surface area contributed by atoms with Crippen LogP contribution in [0.15, 0.2) is 18.2 Å². The van der Waals surface area contributed by atoms with Gasteiger partial charge in [-0.25, -0.2) is 4.79 Å². The summed E-state index contributed by atoms with van der Waals surface area (Å²) in [6.45, 7) is 1.09. The minimum atomic E-state index is -0.355. The van der Waals surface area contributed by atoms with Crippen molar-refractivity contribution in [2.24, 2.45) is 0 Å². The van der Waals surface area contributed by atoms with Crippen LogP contribution in [0.25, 0.3) is 0 Å². The molecule has 1 heterocycles. The molecule has 1 saturated heterocycles. The number of ether oxygens (including phenoxy) is 2. The fourth-order valence-corrected chi connectivity index (χ4v) is 1.65. The maximum absolute atomic E-state index is 11.6. The molecule has 1 aliphatic heterocycles. The minimum Gasteiger partial charge on any atom is -0.497 e. The largest absolute Gasteiger partial charge is 0.497 e. The Morgan fingerprint density at radius 3 is 3.00 bits per heavy atom. The van der Waals surface area contributed by atoms with Crippen molar-refractivity contribution in [2.75, 3.05) is 30.9 Å². The Kier molecular flexibility index (Phi) is 2.85. The Labute approximate surface area is 93.7 Å². The SMILES string of the molecule is COc1ccc(N)c(N2CCCOC2=O)c1. The zero-order valence-electron chi connectivity index (χ0n) is 9.10. The van der Waals surface area contributed by atoms with Crippen LogP contribution >= 0.6 is 0 Å². The first-order valence-electron chi connectivity index (χ1n) is 5.10. The number of nitrogens with two attached hydrogens (primary N) is 1. The summed E-state index contributed by atoms with van der Waals surface area (Å²) in [4.78, 5) is 13.1. The molecule has 16 heavy (non-hydrogen) atoms. The molecular formula is C11H14N2O3. The first kappa shape index (κ1) is 10.6. The third-order valence-electron chi connectivity index (χ3n) is 2.50. The van der Waals surface area contributed by atoms with E-state index >= 15 is 0 Å². The zero-order valence-corrected chi connectivity index (χ0v) is 9.10. The van der Waals surface area contributed by atoms with E-state index in [1.54, 1.807) is 25.3 Å². The second kappa shape index (κ2) is 4.30. The van der Waals surface area contributed by atoms with Gasteiger partial charge in [-0.2, -0.15) is 0 Å². The quantitative estimate of drug-likeness (QED) is 0.772. The van der Waals surface area contributed by atoms with Gasteiger partial charge in [0.15, 0.2) is 0 Å². The molecule has 1 fully saturated rings. The minimum absolute atomic E-state index is 0.355.